The predicted molar refractivity (Wildman–Crippen MR) is 81.0 cm³/mol. The minimum absolute atomic E-state index is 0.651. The fourth-order valence-corrected chi connectivity index (χ4v) is 2.52. The lowest BCUT2D eigenvalue weighted by Crippen LogP contribution is -1.94. The minimum atomic E-state index is 0.651. The Morgan fingerprint density at radius 2 is 1.74 bits per heavy atom. The van der Waals surface area contributed by atoms with Crippen molar-refractivity contribution in [3.05, 3.63) is 58.1 Å². The molecule has 0 radical (unpaired) electrons. The third-order valence-corrected chi connectivity index (χ3v) is 3.66. The van der Waals surface area contributed by atoms with Crippen LogP contribution in [0.15, 0.2) is 36.4 Å². The van der Waals surface area contributed by atoms with Crippen LogP contribution in [0.25, 0.3) is 11.1 Å². The number of halogens is 1. The number of carbonyl (C=O) groups is 1. The standard InChI is InChI=1S/C17H17ClO/c1-3-12-5-6-14(9-13(12)4-2)17-10-16(18)8-7-15(17)11-19/h5-11H,3-4H2,1-2H3. The Balaban J connectivity index is 2.58. The Kier molecular flexibility index (Phi) is 4.39. The molecule has 0 aromatic heterocycles. The van der Waals surface area contributed by atoms with Crippen LogP contribution in [-0.4, -0.2) is 6.29 Å². The summed E-state index contributed by atoms with van der Waals surface area (Å²) >= 11 is 6.04. The van der Waals surface area contributed by atoms with E-state index in [9.17, 15) is 4.79 Å². The first-order valence-corrected chi connectivity index (χ1v) is 6.94. The van der Waals surface area contributed by atoms with Crippen LogP contribution < -0.4 is 0 Å². The quantitative estimate of drug-likeness (QED) is 0.720. The summed E-state index contributed by atoms with van der Waals surface area (Å²) < 4.78 is 0. The molecule has 0 N–H and O–H groups in total. The van der Waals surface area contributed by atoms with Crippen molar-refractivity contribution < 1.29 is 4.79 Å². The summed E-state index contributed by atoms with van der Waals surface area (Å²) in [7, 11) is 0. The normalized spacial score (nSPS) is 10.5. The average molecular weight is 273 g/mol. The number of carbonyl (C=O) groups excluding carboxylic acids is 1. The third-order valence-electron chi connectivity index (χ3n) is 3.42. The molecule has 0 saturated carbocycles. The van der Waals surface area contributed by atoms with Gasteiger partial charge in [-0.1, -0.05) is 43.6 Å². The van der Waals surface area contributed by atoms with Crippen LogP contribution >= 0.6 is 11.6 Å². The molecule has 0 heterocycles. The Hall–Kier alpha value is -1.60. The first kappa shape index (κ1) is 13.8. The molecular weight excluding hydrogens is 256 g/mol. The number of aryl methyl sites for hydroxylation is 2. The van der Waals surface area contributed by atoms with Gasteiger partial charge in [0.15, 0.2) is 6.29 Å². The molecule has 0 bridgehead atoms. The number of hydrogen-bond acceptors (Lipinski definition) is 1. The van der Waals surface area contributed by atoms with E-state index in [1.807, 2.05) is 6.07 Å². The van der Waals surface area contributed by atoms with E-state index >= 15 is 0 Å². The maximum atomic E-state index is 11.1. The second kappa shape index (κ2) is 6.03. The van der Waals surface area contributed by atoms with Gasteiger partial charge in [-0.15, -0.1) is 0 Å². The van der Waals surface area contributed by atoms with Gasteiger partial charge in [-0.3, -0.25) is 4.79 Å². The van der Waals surface area contributed by atoms with Gasteiger partial charge in [-0.05, 0) is 53.3 Å². The van der Waals surface area contributed by atoms with E-state index in [0.29, 0.717) is 10.6 Å². The molecule has 0 amide bonds. The Bertz CT molecular complexity index is 602. The van der Waals surface area contributed by atoms with E-state index in [0.717, 1.165) is 30.3 Å². The maximum Gasteiger partial charge on any atom is 0.150 e. The van der Waals surface area contributed by atoms with Gasteiger partial charge in [0.25, 0.3) is 0 Å². The predicted octanol–water partition coefficient (Wildman–Crippen LogP) is 4.94. The van der Waals surface area contributed by atoms with Crippen LogP contribution in [0.2, 0.25) is 5.02 Å². The second-order valence-corrected chi connectivity index (χ2v) is 4.98. The fourth-order valence-electron chi connectivity index (χ4n) is 2.35. The Labute approximate surface area is 119 Å². The van der Waals surface area contributed by atoms with Gasteiger partial charge in [0, 0.05) is 10.6 Å². The maximum absolute atomic E-state index is 11.1. The molecule has 0 atom stereocenters. The molecule has 0 aliphatic carbocycles. The Morgan fingerprint density at radius 3 is 2.37 bits per heavy atom. The highest BCUT2D eigenvalue weighted by Gasteiger charge is 2.08. The van der Waals surface area contributed by atoms with Gasteiger partial charge < -0.3 is 0 Å². The van der Waals surface area contributed by atoms with Crippen LogP contribution in [-0.2, 0) is 12.8 Å². The van der Waals surface area contributed by atoms with Crippen LogP contribution in [0.3, 0.4) is 0 Å². The first-order valence-electron chi connectivity index (χ1n) is 6.56. The second-order valence-electron chi connectivity index (χ2n) is 4.54. The van der Waals surface area contributed by atoms with E-state index < -0.39 is 0 Å². The van der Waals surface area contributed by atoms with E-state index in [1.54, 1.807) is 12.1 Å². The van der Waals surface area contributed by atoms with Gasteiger partial charge in [-0.25, -0.2) is 0 Å². The van der Waals surface area contributed by atoms with E-state index in [1.165, 1.54) is 11.1 Å². The molecule has 19 heavy (non-hydrogen) atoms. The van der Waals surface area contributed by atoms with Crippen LogP contribution in [0.1, 0.15) is 35.3 Å². The monoisotopic (exact) mass is 272 g/mol. The summed E-state index contributed by atoms with van der Waals surface area (Å²) in [5.41, 5.74) is 5.33. The lowest BCUT2D eigenvalue weighted by Gasteiger charge is -2.11. The van der Waals surface area contributed by atoms with Gasteiger partial charge >= 0.3 is 0 Å². The molecule has 0 aliphatic heterocycles. The molecule has 1 nitrogen and oxygen atoms in total. The summed E-state index contributed by atoms with van der Waals surface area (Å²) in [6.07, 6.45) is 2.90. The average Bonchev–Trinajstić information content (AvgIpc) is 2.46. The lowest BCUT2D eigenvalue weighted by atomic mass is 9.94. The van der Waals surface area contributed by atoms with Crippen molar-refractivity contribution in [2.75, 3.05) is 0 Å². The number of rotatable bonds is 4. The first-order chi connectivity index (χ1) is 9.19. The van der Waals surface area contributed by atoms with Crippen molar-refractivity contribution in [3.63, 3.8) is 0 Å². The van der Waals surface area contributed by atoms with Crippen molar-refractivity contribution in [2.24, 2.45) is 0 Å². The fraction of sp³-hybridized carbons (Fsp3) is 0.235. The SMILES string of the molecule is CCc1ccc(-c2cc(Cl)ccc2C=O)cc1CC. The van der Waals surface area contributed by atoms with Crippen molar-refractivity contribution in [1.29, 1.82) is 0 Å². The van der Waals surface area contributed by atoms with E-state index in [4.69, 9.17) is 11.6 Å². The summed E-state index contributed by atoms with van der Waals surface area (Å²) in [5.74, 6) is 0. The van der Waals surface area contributed by atoms with E-state index in [2.05, 4.69) is 32.0 Å². The van der Waals surface area contributed by atoms with Crippen LogP contribution in [0, 0.1) is 0 Å². The van der Waals surface area contributed by atoms with Gasteiger partial charge in [-0.2, -0.15) is 0 Å². The molecule has 98 valence electrons. The number of hydrogen-bond donors (Lipinski definition) is 0. The lowest BCUT2D eigenvalue weighted by molar-refractivity contribution is 0.112. The third kappa shape index (κ3) is 2.87. The van der Waals surface area contributed by atoms with Crippen molar-refractivity contribution >= 4 is 17.9 Å². The highest BCUT2D eigenvalue weighted by Crippen LogP contribution is 2.28. The highest BCUT2D eigenvalue weighted by atomic mass is 35.5. The summed E-state index contributed by atoms with van der Waals surface area (Å²) in [5, 5.41) is 0.651. The summed E-state index contributed by atoms with van der Waals surface area (Å²) in [6.45, 7) is 4.31. The smallest absolute Gasteiger partial charge is 0.150 e. The van der Waals surface area contributed by atoms with Crippen LogP contribution in [0.4, 0.5) is 0 Å². The molecule has 2 heteroatoms. The molecule has 0 spiro atoms. The highest BCUT2D eigenvalue weighted by molar-refractivity contribution is 6.31. The number of aldehydes is 1. The zero-order valence-corrected chi connectivity index (χ0v) is 12.0. The zero-order chi connectivity index (χ0) is 13.8. The molecule has 0 aliphatic rings. The molecule has 2 aromatic rings. The molecule has 0 fully saturated rings. The Morgan fingerprint density at radius 1 is 1.00 bits per heavy atom. The van der Waals surface area contributed by atoms with Crippen molar-refractivity contribution in [2.45, 2.75) is 26.7 Å². The zero-order valence-electron chi connectivity index (χ0n) is 11.2. The van der Waals surface area contributed by atoms with E-state index in [-0.39, 0.29) is 0 Å². The van der Waals surface area contributed by atoms with Gasteiger partial charge in [0.05, 0.1) is 0 Å². The molecule has 0 saturated heterocycles. The van der Waals surface area contributed by atoms with Gasteiger partial charge in [0.1, 0.15) is 0 Å². The number of benzene rings is 2. The molecule has 2 rings (SSSR count). The largest absolute Gasteiger partial charge is 0.298 e. The van der Waals surface area contributed by atoms with Crippen LogP contribution in [0.5, 0.6) is 0 Å². The topological polar surface area (TPSA) is 17.1 Å². The summed E-state index contributed by atoms with van der Waals surface area (Å²) in [6, 6.07) is 11.7. The summed E-state index contributed by atoms with van der Waals surface area (Å²) in [4.78, 5) is 11.1. The minimum Gasteiger partial charge on any atom is -0.298 e. The molecular formula is C17H17ClO. The molecule has 0 unspecified atom stereocenters. The molecule has 2 aromatic carbocycles. The van der Waals surface area contributed by atoms with Crippen molar-refractivity contribution in [1.82, 2.24) is 0 Å². The van der Waals surface area contributed by atoms with Crippen molar-refractivity contribution in [3.8, 4) is 11.1 Å². The van der Waals surface area contributed by atoms with Gasteiger partial charge in [0.2, 0.25) is 0 Å².